The lowest BCUT2D eigenvalue weighted by Gasteiger charge is -2.22. The Labute approximate surface area is 123 Å². The molecule has 110 valence electrons. The molecule has 6 heteroatoms. The zero-order valence-electron chi connectivity index (χ0n) is 11.8. The summed E-state index contributed by atoms with van der Waals surface area (Å²) in [5.74, 6) is -0.492. The summed E-state index contributed by atoms with van der Waals surface area (Å²) in [4.78, 5) is 23.6. The van der Waals surface area contributed by atoms with Crippen LogP contribution in [0.2, 0.25) is 5.02 Å². The average molecular weight is 299 g/mol. The highest BCUT2D eigenvalue weighted by atomic mass is 35.5. The number of hydrogen-bond acceptors (Lipinski definition) is 3. The van der Waals surface area contributed by atoms with Crippen LogP contribution in [0, 0.1) is 5.92 Å². The molecule has 1 aromatic rings. The standard InChI is InChI=1S/C14H19ClN2O3/c1-4-9(2)12(13(18)20-3)17-14(19)16-11-8-6-5-7-10(11)15/h5-9,12H,4H2,1-3H3,(H2,16,17,19). The van der Waals surface area contributed by atoms with Crippen molar-refractivity contribution in [3.8, 4) is 0 Å². The minimum atomic E-state index is -0.688. The summed E-state index contributed by atoms with van der Waals surface area (Å²) in [7, 11) is 1.30. The van der Waals surface area contributed by atoms with Crippen molar-refractivity contribution in [2.24, 2.45) is 5.92 Å². The van der Waals surface area contributed by atoms with E-state index in [1.807, 2.05) is 13.8 Å². The zero-order valence-corrected chi connectivity index (χ0v) is 12.5. The van der Waals surface area contributed by atoms with E-state index in [2.05, 4.69) is 10.6 Å². The minimum absolute atomic E-state index is 0.0283. The van der Waals surface area contributed by atoms with E-state index in [1.165, 1.54) is 7.11 Å². The Morgan fingerprint density at radius 1 is 1.35 bits per heavy atom. The molecule has 2 atom stereocenters. The van der Waals surface area contributed by atoms with Gasteiger partial charge in [-0.1, -0.05) is 44.0 Å². The number of rotatable bonds is 5. The first-order chi connectivity index (χ1) is 9.49. The van der Waals surface area contributed by atoms with Gasteiger partial charge in [-0.3, -0.25) is 0 Å². The molecule has 1 rings (SSSR count). The number of halogens is 1. The maximum atomic E-state index is 11.9. The molecule has 20 heavy (non-hydrogen) atoms. The summed E-state index contributed by atoms with van der Waals surface area (Å²) in [5, 5.41) is 5.65. The number of ether oxygens (including phenoxy) is 1. The molecule has 0 aromatic heterocycles. The highest BCUT2D eigenvalue weighted by Crippen LogP contribution is 2.20. The van der Waals surface area contributed by atoms with E-state index in [9.17, 15) is 9.59 Å². The summed E-state index contributed by atoms with van der Waals surface area (Å²) in [6.45, 7) is 3.81. The fourth-order valence-corrected chi connectivity index (χ4v) is 1.84. The molecule has 2 amide bonds. The summed E-state index contributed by atoms with van der Waals surface area (Å²) in [6.07, 6.45) is 0.742. The van der Waals surface area contributed by atoms with Gasteiger partial charge in [-0.2, -0.15) is 0 Å². The van der Waals surface area contributed by atoms with Crippen molar-refractivity contribution in [3.63, 3.8) is 0 Å². The monoisotopic (exact) mass is 298 g/mol. The number of esters is 1. The van der Waals surface area contributed by atoms with Crippen LogP contribution in [0.4, 0.5) is 10.5 Å². The van der Waals surface area contributed by atoms with Gasteiger partial charge in [-0.15, -0.1) is 0 Å². The molecule has 0 spiro atoms. The Bertz CT molecular complexity index is 479. The van der Waals surface area contributed by atoms with E-state index in [0.29, 0.717) is 10.7 Å². The zero-order chi connectivity index (χ0) is 15.1. The van der Waals surface area contributed by atoms with Gasteiger partial charge in [-0.25, -0.2) is 9.59 Å². The first-order valence-electron chi connectivity index (χ1n) is 6.39. The molecule has 0 aliphatic rings. The molecule has 1 aromatic carbocycles. The molecule has 0 heterocycles. The van der Waals surface area contributed by atoms with Gasteiger partial charge >= 0.3 is 12.0 Å². The Balaban J connectivity index is 2.72. The molecular formula is C14H19ClN2O3. The molecule has 0 fully saturated rings. The molecular weight excluding hydrogens is 280 g/mol. The van der Waals surface area contributed by atoms with Gasteiger partial charge < -0.3 is 15.4 Å². The van der Waals surface area contributed by atoms with Crippen LogP contribution in [-0.4, -0.2) is 25.2 Å². The predicted molar refractivity (Wildman–Crippen MR) is 78.9 cm³/mol. The summed E-state index contributed by atoms with van der Waals surface area (Å²) in [5.41, 5.74) is 0.486. The molecule has 2 unspecified atom stereocenters. The van der Waals surface area contributed by atoms with E-state index in [1.54, 1.807) is 24.3 Å². The SMILES string of the molecule is CCC(C)C(NC(=O)Nc1ccccc1Cl)C(=O)OC. The van der Waals surface area contributed by atoms with E-state index >= 15 is 0 Å². The smallest absolute Gasteiger partial charge is 0.328 e. The highest BCUT2D eigenvalue weighted by molar-refractivity contribution is 6.33. The van der Waals surface area contributed by atoms with Crippen molar-refractivity contribution < 1.29 is 14.3 Å². The molecule has 0 aliphatic heterocycles. The summed E-state index contributed by atoms with van der Waals surface area (Å²) in [6, 6.07) is 5.69. The Morgan fingerprint density at radius 2 is 2.00 bits per heavy atom. The number of benzene rings is 1. The molecule has 0 saturated carbocycles. The lowest BCUT2D eigenvalue weighted by Crippen LogP contribution is -2.47. The number of hydrogen-bond donors (Lipinski definition) is 2. The second kappa shape index (κ2) is 7.75. The number of methoxy groups -OCH3 is 1. The predicted octanol–water partition coefficient (Wildman–Crippen LogP) is 3.05. The van der Waals surface area contributed by atoms with Crippen molar-refractivity contribution in [3.05, 3.63) is 29.3 Å². The average Bonchev–Trinajstić information content (AvgIpc) is 2.45. The van der Waals surface area contributed by atoms with Crippen LogP contribution in [0.15, 0.2) is 24.3 Å². The number of amides is 2. The van der Waals surface area contributed by atoms with Gasteiger partial charge in [0, 0.05) is 0 Å². The summed E-state index contributed by atoms with van der Waals surface area (Å²) < 4.78 is 4.70. The van der Waals surface area contributed by atoms with Gasteiger partial charge in [-0.05, 0) is 18.1 Å². The van der Waals surface area contributed by atoms with Gasteiger partial charge in [0.2, 0.25) is 0 Å². The third-order valence-corrected chi connectivity index (χ3v) is 3.41. The van der Waals surface area contributed by atoms with Crippen molar-refractivity contribution >= 4 is 29.3 Å². The Kier molecular flexibility index (Phi) is 6.31. The van der Waals surface area contributed by atoms with Crippen LogP contribution in [0.1, 0.15) is 20.3 Å². The lowest BCUT2D eigenvalue weighted by molar-refractivity contribution is -0.144. The van der Waals surface area contributed by atoms with Crippen LogP contribution in [0.5, 0.6) is 0 Å². The van der Waals surface area contributed by atoms with Crippen LogP contribution in [-0.2, 0) is 9.53 Å². The second-order valence-electron chi connectivity index (χ2n) is 4.46. The fourth-order valence-electron chi connectivity index (χ4n) is 1.66. The maximum Gasteiger partial charge on any atom is 0.328 e. The first-order valence-corrected chi connectivity index (χ1v) is 6.77. The van der Waals surface area contributed by atoms with Crippen molar-refractivity contribution in [1.82, 2.24) is 5.32 Å². The number of carbonyl (C=O) groups is 2. The number of anilines is 1. The third kappa shape index (κ3) is 4.42. The topological polar surface area (TPSA) is 67.4 Å². The van der Waals surface area contributed by atoms with E-state index in [4.69, 9.17) is 16.3 Å². The molecule has 0 radical (unpaired) electrons. The van der Waals surface area contributed by atoms with Crippen LogP contribution in [0.25, 0.3) is 0 Å². The Hall–Kier alpha value is -1.75. The van der Waals surface area contributed by atoms with Crippen molar-refractivity contribution in [2.45, 2.75) is 26.3 Å². The van der Waals surface area contributed by atoms with Crippen molar-refractivity contribution in [2.75, 3.05) is 12.4 Å². The molecule has 2 N–H and O–H groups in total. The maximum absolute atomic E-state index is 11.9. The summed E-state index contributed by atoms with van der Waals surface area (Å²) >= 11 is 5.95. The van der Waals surface area contributed by atoms with Crippen LogP contribution in [0.3, 0.4) is 0 Å². The van der Waals surface area contributed by atoms with Gasteiger partial charge in [0.15, 0.2) is 0 Å². The van der Waals surface area contributed by atoms with E-state index < -0.39 is 18.0 Å². The van der Waals surface area contributed by atoms with Gasteiger partial charge in [0.1, 0.15) is 6.04 Å². The van der Waals surface area contributed by atoms with E-state index in [0.717, 1.165) is 6.42 Å². The number of urea groups is 1. The number of nitrogens with one attached hydrogen (secondary N) is 2. The molecule has 0 bridgehead atoms. The largest absolute Gasteiger partial charge is 0.467 e. The lowest BCUT2D eigenvalue weighted by atomic mass is 9.99. The minimum Gasteiger partial charge on any atom is -0.467 e. The highest BCUT2D eigenvalue weighted by Gasteiger charge is 2.26. The molecule has 0 aliphatic carbocycles. The van der Waals surface area contributed by atoms with Crippen LogP contribution < -0.4 is 10.6 Å². The van der Waals surface area contributed by atoms with Gasteiger partial charge in [0.25, 0.3) is 0 Å². The fraction of sp³-hybridized carbons (Fsp3) is 0.429. The van der Waals surface area contributed by atoms with Crippen LogP contribution >= 0.6 is 11.6 Å². The normalized spacial score (nSPS) is 13.2. The molecule has 0 saturated heterocycles. The third-order valence-electron chi connectivity index (χ3n) is 3.08. The van der Waals surface area contributed by atoms with E-state index in [-0.39, 0.29) is 5.92 Å². The first kappa shape index (κ1) is 16.3. The quantitative estimate of drug-likeness (QED) is 0.821. The van der Waals surface area contributed by atoms with Gasteiger partial charge in [0.05, 0.1) is 17.8 Å². The second-order valence-corrected chi connectivity index (χ2v) is 4.87. The molecule has 5 nitrogen and oxygen atoms in total. The van der Waals surface area contributed by atoms with Crippen molar-refractivity contribution in [1.29, 1.82) is 0 Å². The number of carbonyl (C=O) groups excluding carboxylic acids is 2. The number of para-hydroxylation sites is 1. The Morgan fingerprint density at radius 3 is 2.55 bits per heavy atom.